The zero-order valence-electron chi connectivity index (χ0n) is 18.5. The Labute approximate surface area is 192 Å². The van der Waals surface area contributed by atoms with Crippen LogP contribution in [0.2, 0.25) is 0 Å². The first-order chi connectivity index (χ1) is 15.8. The van der Waals surface area contributed by atoms with Gasteiger partial charge in [-0.3, -0.25) is 4.79 Å². The molecular formula is C24H26FN3O4S. The van der Waals surface area contributed by atoms with Crippen molar-refractivity contribution in [3.8, 4) is 11.3 Å². The molecule has 1 aromatic heterocycles. The van der Waals surface area contributed by atoms with E-state index >= 15 is 0 Å². The van der Waals surface area contributed by atoms with E-state index in [1.807, 2.05) is 6.92 Å². The lowest BCUT2D eigenvalue weighted by Gasteiger charge is -2.34. The van der Waals surface area contributed by atoms with Crippen molar-refractivity contribution in [1.29, 1.82) is 0 Å². The van der Waals surface area contributed by atoms with Gasteiger partial charge < -0.3 is 9.84 Å². The van der Waals surface area contributed by atoms with Crippen molar-refractivity contribution in [3.63, 3.8) is 0 Å². The number of rotatable bonds is 6. The molecule has 1 amide bonds. The van der Waals surface area contributed by atoms with E-state index in [1.165, 1.54) is 24.3 Å². The maximum absolute atomic E-state index is 13.5. The van der Waals surface area contributed by atoms with Gasteiger partial charge >= 0.3 is 0 Å². The van der Waals surface area contributed by atoms with Crippen LogP contribution < -0.4 is 5.32 Å². The number of hydrogen-bond donors (Lipinski definition) is 1. The van der Waals surface area contributed by atoms with Gasteiger partial charge in [-0.05, 0) is 74.2 Å². The van der Waals surface area contributed by atoms with Gasteiger partial charge in [-0.2, -0.15) is 4.31 Å². The number of hydrogen-bond acceptors (Lipinski definition) is 5. The fraction of sp³-hybridized carbons (Fsp3) is 0.333. The molecule has 0 aliphatic carbocycles. The van der Waals surface area contributed by atoms with Crippen LogP contribution >= 0.6 is 0 Å². The summed E-state index contributed by atoms with van der Waals surface area (Å²) in [6, 6.07) is 12.1. The number of sulfonamides is 1. The van der Waals surface area contributed by atoms with Crippen LogP contribution in [0.4, 0.5) is 10.1 Å². The van der Waals surface area contributed by atoms with E-state index < -0.39 is 15.9 Å². The second kappa shape index (κ2) is 9.44. The number of carbonyl (C=O) groups excluding carboxylic acids is 1. The highest BCUT2D eigenvalue weighted by Gasteiger charge is 2.32. The van der Waals surface area contributed by atoms with Crippen LogP contribution in [0.3, 0.4) is 0 Å². The van der Waals surface area contributed by atoms with E-state index in [9.17, 15) is 17.6 Å². The predicted octanol–water partition coefficient (Wildman–Crippen LogP) is 4.99. The van der Waals surface area contributed by atoms with Crippen molar-refractivity contribution >= 4 is 21.6 Å². The first kappa shape index (κ1) is 23.1. The third-order valence-corrected chi connectivity index (χ3v) is 7.91. The van der Waals surface area contributed by atoms with Crippen LogP contribution in [0.25, 0.3) is 11.3 Å². The smallest absolute Gasteiger partial charge is 0.277 e. The maximum Gasteiger partial charge on any atom is 0.277 e. The molecule has 1 aliphatic heterocycles. The van der Waals surface area contributed by atoms with Crippen LogP contribution in [0.5, 0.6) is 0 Å². The minimum absolute atomic E-state index is 0.0226. The molecule has 33 heavy (non-hydrogen) atoms. The topological polar surface area (TPSA) is 92.5 Å². The molecule has 174 valence electrons. The summed E-state index contributed by atoms with van der Waals surface area (Å²) in [6.45, 7) is 4.17. The number of nitrogens with zero attached hydrogens (tertiary/aromatic N) is 2. The number of piperidine rings is 1. The van der Waals surface area contributed by atoms with E-state index in [1.54, 1.807) is 35.5 Å². The number of aromatic nitrogens is 1. The fourth-order valence-corrected chi connectivity index (χ4v) is 5.82. The third kappa shape index (κ3) is 4.84. The number of carbonyl (C=O) groups is 1. The number of amides is 1. The normalized spacial score (nSPS) is 17.1. The van der Waals surface area contributed by atoms with Crippen molar-refractivity contribution in [2.24, 2.45) is 0 Å². The molecule has 2 heterocycles. The molecule has 2 aromatic carbocycles. The molecule has 1 saturated heterocycles. The van der Waals surface area contributed by atoms with Crippen molar-refractivity contribution in [2.45, 2.75) is 50.5 Å². The summed E-state index contributed by atoms with van der Waals surface area (Å²) in [5, 5.41) is 6.48. The number of anilines is 1. The number of nitrogens with one attached hydrogen (secondary N) is 1. The summed E-state index contributed by atoms with van der Waals surface area (Å²) in [7, 11) is -3.59. The Hall–Kier alpha value is -3.04. The monoisotopic (exact) mass is 471 g/mol. The van der Waals surface area contributed by atoms with Crippen molar-refractivity contribution in [2.75, 3.05) is 11.9 Å². The summed E-state index contributed by atoms with van der Waals surface area (Å²) >= 11 is 0. The first-order valence-electron chi connectivity index (χ1n) is 11.0. The molecule has 4 rings (SSSR count). The van der Waals surface area contributed by atoms with Gasteiger partial charge in [-0.1, -0.05) is 18.5 Å². The number of halogens is 1. The quantitative estimate of drug-likeness (QED) is 0.546. The molecule has 7 nitrogen and oxygen atoms in total. The zero-order valence-corrected chi connectivity index (χ0v) is 19.4. The molecule has 1 atom stereocenters. The standard InChI is InChI=1S/C24H26FN3O4S/c1-3-19-6-4-5-13-28(19)33(30,31)20-10-8-18(9-11-20)26-24(29)22-15-23(32-27-22)17-7-12-21(25)16(2)14-17/h7-12,14-15,19H,3-6,13H2,1-2H3,(H,26,29). The van der Waals surface area contributed by atoms with Crippen molar-refractivity contribution < 1.29 is 22.1 Å². The lowest BCUT2D eigenvalue weighted by molar-refractivity contribution is 0.101. The minimum Gasteiger partial charge on any atom is -0.355 e. The van der Waals surface area contributed by atoms with E-state index in [-0.39, 0.29) is 22.4 Å². The van der Waals surface area contributed by atoms with Gasteiger partial charge in [0.1, 0.15) is 5.82 Å². The van der Waals surface area contributed by atoms with Gasteiger partial charge in [0.05, 0.1) is 4.90 Å². The molecule has 1 fully saturated rings. The number of benzene rings is 2. The molecule has 0 bridgehead atoms. The zero-order chi connectivity index (χ0) is 23.6. The second-order valence-corrected chi connectivity index (χ2v) is 10.1. The molecule has 3 aromatic rings. The summed E-state index contributed by atoms with van der Waals surface area (Å²) < 4.78 is 46.5. The van der Waals surface area contributed by atoms with E-state index in [0.29, 0.717) is 29.1 Å². The lowest BCUT2D eigenvalue weighted by atomic mass is 10.0. The van der Waals surface area contributed by atoms with Crippen LogP contribution in [-0.2, 0) is 10.0 Å². The van der Waals surface area contributed by atoms with Gasteiger partial charge in [0.25, 0.3) is 5.91 Å². The predicted molar refractivity (Wildman–Crippen MR) is 123 cm³/mol. The molecule has 0 spiro atoms. The van der Waals surface area contributed by atoms with Crippen LogP contribution in [0, 0.1) is 12.7 Å². The van der Waals surface area contributed by atoms with Crippen LogP contribution in [0.1, 0.15) is 48.7 Å². The molecule has 1 unspecified atom stereocenters. The highest BCUT2D eigenvalue weighted by atomic mass is 32.2. The Morgan fingerprint density at radius 1 is 1.18 bits per heavy atom. The summed E-state index contributed by atoms with van der Waals surface area (Å²) in [4.78, 5) is 12.8. The Bertz CT molecular complexity index is 1250. The third-order valence-electron chi connectivity index (χ3n) is 5.95. The summed E-state index contributed by atoms with van der Waals surface area (Å²) in [5.74, 6) is -0.481. The lowest BCUT2D eigenvalue weighted by Crippen LogP contribution is -2.43. The Morgan fingerprint density at radius 2 is 1.94 bits per heavy atom. The molecule has 1 N–H and O–H groups in total. The van der Waals surface area contributed by atoms with Gasteiger partial charge in [-0.25, -0.2) is 12.8 Å². The molecular weight excluding hydrogens is 445 g/mol. The maximum atomic E-state index is 13.5. The SMILES string of the molecule is CCC1CCCCN1S(=O)(=O)c1ccc(NC(=O)c2cc(-c3ccc(F)c(C)c3)on2)cc1. The molecule has 0 radical (unpaired) electrons. The summed E-state index contributed by atoms with van der Waals surface area (Å²) in [5.41, 5.74) is 1.56. The van der Waals surface area contributed by atoms with E-state index in [2.05, 4.69) is 10.5 Å². The van der Waals surface area contributed by atoms with Gasteiger partial charge in [0, 0.05) is 29.9 Å². The van der Waals surface area contributed by atoms with Crippen LogP contribution in [0.15, 0.2) is 57.9 Å². The van der Waals surface area contributed by atoms with Crippen LogP contribution in [-0.4, -0.2) is 36.4 Å². The van der Waals surface area contributed by atoms with E-state index in [4.69, 9.17) is 4.52 Å². The highest BCUT2D eigenvalue weighted by molar-refractivity contribution is 7.89. The van der Waals surface area contributed by atoms with Crippen molar-refractivity contribution in [3.05, 3.63) is 65.6 Å². The average molecular weight is 472 g/mol. The van der Waals surface area contributed by atoms with Gasteiger partial charge in [0.2, 0.25) is 10.0 Å². The van der Waals surface area contributed by atoms with E-state index in [0.717, 1.165) is 25.7 Å². The Morgan fingerprint density at radius 3 is 2.64 bits per heavy atom. The largest absolute Gasteiger partial charge is 0.355 e. The average Bonchev–Trinajstić information content (AvgIpc) is 3.32. The molecule has 9 heteroatoms. The number of aryl methyl sites for hydroxylation is 1. The fourth-order valence-electron chi connectivity index (χ4n) is 4.06. The molecule has 1 aliphatic rings. The minimum atomic E-state index is -3.59. The molecule has 0 saturated carbocycles. The Kier molecular flexibility index (Phi) is 6.62. The Balaban J connectivity index is 1.46. The van der Waals surface area contributed by atoms with Crippen molar-refractivity contribution in [1.82, 2.24) is 9.46 Å². The van der Waals surface area contributed by atoms with Gasteiger partial charge in [-0.15, -0.1) is 0 Å². The van der Waals surface area contributed by atoms with Gasteiger partial charge in [0.15, 0.2) is 11.5 Å². The second-order valence-electron chi connectivity index (χ2n) is 8.19. The highest BCUT2D eigenvalue weighted by Crippen LogP contribution is 2.28. The summed E-state index contributed by atoms with van der Waals surface area (Å²) in [6.07, 6.45) is 3.56. The first-order valence-corrected chi connectivity index (χ1v) is 12.4.